The molecule has 0 heterocycles. The Balaban J connectivity index is 2.53. The molecule has 0 saturated heterocycles. The summed E-state index contributed by atoms with van der Waals surface area (Å²) in [5.74, 6) is 1.12. The predicted octanol–water partition coefficient (Wildman–Crippen LogP) is 4.73. The highest BCUT2D eigenvalue weighted by Gasteiger charge is 2.10. The van der Waals surface area contributed by atoms with E-state index in [0.29, 0.717) is 27.7 Å². The number of aryl methyl sites for hydroxylation is 1. The molecule has 0 aliphatic heterocycles. The van der Waals surface area contributed by atoms with Gasteiger partial charge in [-0.25, -0.2) is 0 Å². The fraction of sp³-hybridized carbons (Fsp3) is 0.167. The van der Waals surface area contributed by atoms with Gasteiger partial charge in [-0.2, -0.15) is 5.26 Å². The summed E-state index contributed by atoms with van der Waals surface area (Å²) in [7, 11) is 3.11. The Morgan fingerprint density at radius 1 is 1.14 bits per heavy atom. The van der Waals surface area contributed by atoms with Crippen LogP contribution in [-0.2, 0) is 0 Å². The van der Waals surface area contributed by atoms with E-state index in [0.717, 1.165) is 11.1 Å². The Kier molecular flexibility index (Phi) is 5.08. The number of methoxy groups -OCH3 is 2. The SMILES string of the molecule is COc1cc(Cl)c(C=C(C#N)c2cccc(C)c2)cc1OC. The Bertz CT molecular complexity index is 760. The second-order valence-corrected chi connectivity index (χ2v) is 5.18. The molecule has 2 rings (SSSR count). The fourth-order valence-electron chi connectivity index (χ4n) is 2.13. The van der Waals surface area contributed by atoms with E-state index in [4.69, 9.17) is 21.1 Å². The van der Waals surface area contributed by atoms with Crippen LogP contribution in [0.25, 0.3) is 11.6 Å². The maximum Gasteiger partial charge on any atom is 0.162 e. The van der Waals surface area contributed by atoms with Crippen LogP contribution in [0, 0.1) is 18.3 Å². The zero-order valence-electron chi connectivity index (χ0n) is 12.7. The third-order valence-electron chi connectivity index (χ3n) is 3.25. The minimum Gasteiger partial charge on any atom is -0.493 e. The van der Waals surface area contributed by atoms with Crippen LogP contribution in [0.2, 0.25) is 5.02 Å². The van der Waals surface area contributed by atoms with Gasteiger partial charge in [0.1, 0.15) is 0 Å². The highest BCUT2D eigenvalue weighted by atomic mass is 35.5. The van der Waals surface area contributed by atoms with Gasteiger partial charge in [-0.3, -0.25) is 0 Å². The normalized spacial score (nSPS) is 11.0. The molecule has 4 heteroatoms. The number of benzene rings is 2. The fourth-order valence-corrected chi connectivity index (χ4v) is 2.34. The topological polar surface area (TPSA) is 42.2 Å². The highest BCUT2D eigenvalue weighted by molar-refractivity contribution is 6.32. The van der Waals surface area contributed by atoms with E-state index < -0.39 is 0 Å². The number of ether oxygens (including phenoxy) is 2. The maximum absolute atomic E-state index is 9.43. The smallest absolute Gasteiger partial charge is 0.162 e. The average Bonchev–Trinajstić information content (AvgIpc) is 2.53. The first-order valence-electron chi connectivity index (χ1n) is 6.69. The van der Waals surface area contributed by atoms with Gasteiger partial charge >= 0.3 is 0 Å². The average molecular weight is 314 g/mol. The summed E-state index contributed by atoms with van der Waals surface area (Å²) in [5, 5.41) is 9.93. The summed E-state index contributed by atoms with van der Waals surface area (Å²) < 4.78 is 10.5. The van der Waals surface area contributed by atoms with Gasteiger partial charge < -0.3 is 9.47 Å². The molecule has 0 fully saturated rings. The summed E-state index contributed by atoms with van der Waals surface area (Å²) in [5.41, 5.74) is 3.20. The van der Waals surface area contributed by atoms with Crippen LogP contribution in [0.1, 0.15) is 16.7 Å². The standard InChI is InChI=1S/C18H16ClNO2/c1-12-5-4-6-13(7-12)15(11-20)8-14-9-17(21-2)18(22-3)10-16(14)19/h4-10H,1-3H3. The highest BCUT2D eigenvalue weighted by Crippen LogP contribution is 2.34. The number of hydrogen-bond donors (Lipinski definition) is 0. The summed E-state index contributed by atoms with van der Waals surface area (Å²) in [6.07, 6.45) is 1.75. The third-order valence-corrected chi connectivity index (χ3v) is 3.58. The molecule has 0 saturated carbocycles. The first-order valence-corrected chi connectivity index (χ1v) is 7.07. The van der Waals surface area contributed by atoms with Gasteiger partial charge in [-0.05, 0) is 30.2 Å². The molecule has 0 atom stereocenters. The third kappa shape index (κ3) is 3.41. The molecule has 0 aliphatic carbocycles. The van der Waals surface area contributed by atoms with Crippen LogP contribution in [0.15, 0.2) is 36.4 Å². The van der Waals surface area contributed by atoms with Crippen LogP contribution in [-0.4, -0.2) is 14.2 Å². The molecule has 112 valence electrons. The second-order valence-electron chi connectivity index (χ2n) is 4.77. The van der Waals surface area contributed by atoms with Crippen molar-refractivity contribution in [1.82, 2.24) is 0 Å². The number of allylic oxidation sites excluding steroid dienone is 1. The van der Waals surface area contributed by atoms with Crippen molar-refractivity contribution in [2.24, 2.45) is 0 Å². The molecule has 0 bridgehead atoms. The van der Waals surface area contributed by atoms with E-state index in [1.165, 1.54) is 0 Å². The molecule has 0 spiro atoms. The molecule has 22 heavy (non-hydrogen) atoms. The lowest BCUT2D eigenvalue weighted by molar-refractivity contribution is 0.355. The summed E-state index contributed by atoms with van der Waals surface area (Å²) >= 11 is 6.27. The number of nitriles is 1. The zero-order valence-corrected chi connectivity index (χ0v) is 13.4. The second kappa shape index (κ2) is 7.02. The van der Waals surface area contributed by atoms with Gasteiger partial charge in [0.05, 0.1) is 30.9 Å². The molecule has 0 amide bonds. The lowest BCUT2D eigenvalue weighted by Gasteiger charge is -2.10. The van der Waals surface area contributed by atoms with Gasteiger partial charge in [-0.1, -0.05) is 41.4 Å². The predicted molar refractivity (Wildman–Crippen MR) is 89.2 cm³/mol. The quantitative estimate of drug-likeness (QED) is 0.605. The lowest BCUT2D eigenvalue weighted by atomic mass is 10.0. The van der Waals surface area contributed by atoms with E-state index in [1.54, 1.807) is 32.4 Å². The Morgan fingerprint density at radius 3 is 2.41 bits per heavy atom. The summed E-state index contributed by atoms with van der Waals surface area (Å²) in [4.78, 5) is 0. The number of nitrogens with zero attached hydrogens (tertiary/aromatic N) is 1. The van der Waals surface area contributed by atoms with Crippen LogP contribution >= 0.6 is 11.6 Å². The largest absolute Gasteiger partial charge is 0.493 e. The number of halogens is 1. The van der Waals surface area contributed by atoms with Gasteiger partial charge in [0.25, 0.3) is 0 Å². The van der Waals surface area contributed by atoms with Gasteiger partial charge in [0.2, 0.25) is 0 Å². The monoisotopic (exact) mass is 313 g/mol. The summed E-state index contributed by atoms with van der Waals surface area (Å²) in [6, 6.07) is 13.4. The Labute approximate surface area is 135 Å². The zero-order chi connectivity index (χ0) is 16.1. The Hall–Kier alpha value is -2.44. The van der Waals surface area contributed by atoms with Crippen molar-refractivity contribution < 1.29 is 9.47 Å². The van der Waals surface area contributed by atoms with Crippen molar-refractivity contribution in [3.05, 3.63) is 58.1 Å². The van der Waals surface area contributed by atoms with Crippen molar-refractivity contribution in [2.75, 3.05) is 14.2 Å². The molecule has 2 aromatic rings. The van der Waals surface area contributed by atoms with Gasteiger partial charge in [-0.15, -0.1) is 0 Å². The van der Waals surface area contributed by atoms with E-state index in [2.05, 4.69) is 6.07 Å². The lowest BCUT2D eigenvalue weighted by Crippen LogP contribution is -1.92. The molecular formula is C18H16ClNO2. The number of hydrogen-bond acceptors (Lipinski definition) is 3. The van der Waals surface area contributed by atoms with Crippen molar-refractivity contribution in [3.8, 4) is 17.6 Å². The van der Waals surface area contributed by atoms with Crippen molar-refractivity contribution in [1.29, 1.82) is 5.26 Å². The molecule has 0 aliphatic rings. The molecular weight excluding hydrogens is 298 g/mol. The van der Waals surface area contributed by atoms with Crippen molar-refractivity contribution >= 4 is 23.3 Å². The summed E-state index contributed by atoms with van der Waals surface area (Å²) in [6.45, 7) is 1.99. The first kappa shape index (κ1) is 15.9. The maximum atomic E-state index is 9.43. The molecule has 0 N–H and O–H groups in total. The van der Waals surface area contributed by atoms with Crippen LogP contribution in [0.4, 0.5) is 0 Å². The van der Waals surface area contributed by atoms with Crippen molar-refractivity contribution in [3.63, 3.8) is 0 Å². The van der Waals surface area contributed by atoms with Gasteiger partial charge in [0.15, 0.2) is 11.5 Å². The minimum atomic E-state index is 0.498. The van der Waals surface area contributed by atoms with E-state index in [9.17, 15) is 5.26 Å². The molecule has 0 radical (unpaired) electrons. The first-order chi connectivity index (χ1) is 10.6. The van der Waals surface area contributed by atoms with Gasteiger partial charge in [0, 0.05) is 6.07 Å². The Morgan fingerprint density at radius 2 is 1.82 bits per heavy atom. The van der Waals surface area contributed by atoms with Crippen molar-refractivity contribution in [2.45, 2.75) is 6.92 Å². The minimum absolute atomic E-state index is 0.498. The van der Waals surface area contributed by atoms with E-state index >= 15 is 0 Å². The van der Waals surface area contributed by atoms with E-state index in [1.807, 2.05) is 31.2 Å². The van der Waals surface area contributed by atoms with Crippen LogP contribution in [0.3, 0.4) is 0 Å². The number of rotatable bonds is 4. The molecule has 0 unspecified atom stereocenters. The molecule has 0 aromatic heterocycles. The van der Waals surface area contributed by atoms with E-state index in [-0.39, 0.29) is 0 Å². The molecule has 3 nitrogen and oxygen atoms in total. The van der Waals surface area contributed by atoms with Crippen LogP contribution < -0.4 is 9.47 Å². The van der Waals surface area contributed by atoms with Crippen LogP contribution in [0.5, 0.6) is 11.5 Å². The molecule has 2 aromatic carbocycles.